The minimum atomic E-state index is -0.0312. The van der Waals surface area contributed by atoms with Crippen LogP contribution in [0.3, 0.4) is 0 Å². The molecular formula is C35H38. The monoisotopic (exact) mass is 458 g/mol. The Morgan fingerprint density at radius 2 is 0.829 bits per heavy atom. The van der Waals surface area contributed by atoms with E-state index in [1.165, 1.54) is 66.8 Å². The Hall–Kier alpha value is -3.12. The molecule has 0 heterocycles. The maximum absolute atomic E-state index is 2.43. The third-order valence-corrected chi connectivity index (χ3v) is 8.13. The van der Waals surface area contributed by atoms with Gasteiger partial charge < -0.3 is 0 Å². The molecule has 0 atom stereocenters. The van der Waals surface area contributed by atoms with Crippen molar-refractivity contribution in [3.63, 3.8) is 0 Å². The van der Waals surface area contributed by atoms with Gasteiger partial charge in [0.25, 0.3) is 0 Å². The Bertz CT molecular complexity index is 1320. The fraction of sp³-hybridized carbons (Fsp3) is 0.314. The highest BCUT2D eigenvalue weighted by atomic mass is 14.4. The molecule has 4 aromatic carbocycles. The van der Waals surface area contributed by atoms with E-state index in [-0.39, 0.29) is 5.41 Å². The summed E-state index contributed by atoms with van der Waals surface area (Å²) < 4.78 is 0. The van der Waals surface area contributed by atoms with E-state index in [0.29, 0.717) is 11.8 Å². The molecule has 0 unspecified atom stereocenters. The summed E-state index contributed by atoms with van der Waals surface area (Å²) >= 11 is 0. The van der Waals surface area contributed by atoms with Gasteiger partial charge >= 0.3 is 0 Å². The predicted octanol–water partition coefficient (Wildman–Crippen LogP) is 10.2. The normalized spacial score (nSPS) is 13.9. The molecule has 35 heavy (non-hydrogen) atoms. The fourth-order valence-electron chi connectivity index (χ4n) is 6.10. The smallest absolute Gasteiger partial charge is 0.0159 e. The van der Waals surface area contributed by atoms with Crippen LogP contribution in [-0.4, -0.2) is 0 Å². The molecule has 0 amide bonds. The van der Waals surface area contributed by atoms with Gasteiger partial charge in [-0.1, -0.05) is 102 Å². The summed E-state index contributed by atoms with van der Waals surface area (Å²) in [5.41, 5.74) is 16.4. The van der Waals surface area contributed by atoms with Crippen LogP contribution in [0.1, 0.15) is 86.8 Å². The zero-order valence-corrected chi connectivity index (χ0v) is 22.6. The standard InChI is InChI=1S/C35H38/c1-21(2)29-13-9-25(17-23(29)5)27-11-15-31-32-16-12-28(20-34(32)35(7,8)33(31)19-27)26-10-14-30(22(3)4)24(6)18-26/h9-22H,1-8H3. The maximum atomic E-state index is 2.43. The van der Waals surface area contributed by atoms with Crippen LogP contribution in [-0.2, 0) is 5.41 Å². The van der Waals surface area contributed by atoms with Crippen molar-refractivity contribution in [2.24, 2.45) is 0 Å². The van der Waals surface area contributed by atoms with Crippen LogP contribution >= 0.6 is 0 Å². The lowest BCUT2D eigenvalue weighted by Gasteiger charge is -2.23. The molecule has 0 N–H and O–H groups in total. The number of rotatable bonds is 4. The average Bonchev–Trinajstić information content (AvgIpc) is 3.04. The van der Waals surface area contributed by atoms with Gasteiger partial charge in [0.1, 0.15) is 0 Å². The van der Waals surface area contributed by atoms with Crippen LogP contribution in [0.5, 0.6) is 0 Å². The Kier molecular flexibility index (Phi) is 5.75. The molecule has 0 saturated carbocycles. The fourth-order valence-corrected chi connectivity index (χ4v) is 6.10. The lowest BCUT2D eigenvalue weighted by molar-refractivity contribution is 0.661. The van der Waals surface area contributed by atoms with Gasteiger partial charge in [-0.15, -0.1) is 0 Å². The maximum Gasteiger partial charge on any atom is 0.0159 e. The van der Waals surface area contributed by atoms with Gasteiger partial charge in [0.15, 0.2) is 0 Å². The molecule has 0 saturated heterocycles. The van der Waals surface area contributed by atoms with E-state index in [4.69, 9.17) is 0 Å². The summed E-state index contributed by atoms with van der Waals surface area (Å²) in [5.74, 6) is 1.11. The molecule has 0 radical (unpaired) electrons. The molecule has 0 fully saturated rings. The number of hydrogen-bond donors (Lipinski definition) is 0. The summed E-state index contributed by atoms with van der Waals surface area (Å²) in [4.78, 5) is 0. The number of aryl methyl sites for hydroxylation is 2. The average molecular weight is 459 g/mol. The van der Waals surface area contributed by atoms with Gasteiger partial charge in [0, 0.05) is 5.41 Å². The molecule has 1 aliphatic rings. The van der Waals surface area contributed by atoms with Gasteiger partial charge in [0.2, 0.25) is 0 Å². The molecule has 0 spiro atoms. The Morgan fingerprint density at radius 3 is 1.17 bits per heavy atom. The van der Waals surface area contributed by atoms with Crippen molar-refractivity contribution in [3.8, 4) is 33.4 Å². The van der Waals surface area contributed by atoms with Crippen LogP contribution in [0, 0.1) is 13.8 Å². The Morgan fingerprint density at radius 1 is 0.486 bits per heavy atom. The van der Waals surface area contributed by atoms with Crippen LogP contribution < -0.4 is 0 Å². The van der Waals surface area contributed by atoms with Crippen LogP contribution in [0.15, 0.2) is 72.8 Å². The molecule has 1 aliphatic carbocycles. The van der Waals surface area contributed by atoms with Crippen molar-refractivity contribution in [2.45, 2.75) is 72.6 Å². The SMILES string of the molecule is Cc1cc(-c2ccc3c(c2)C(C)(C)c2cc(-c4ccc(C(C)C)c(C)c4)ccc2-3)ccc1C(C)C. The molecule has 0 aliphatic heterocycles. The van der Waals surface area contributed by atoms with Gasteiger partial charge in [-0.05, 0) is 105 Å². The van der Waals surface area contributed by atoms with Crippen molar-refractivity contribution < 1.29 is 0 Å². The summed E-state index contributed by atoms with van der Waals surface area (Å²) in [6, 6.07) is 28.0. The van der Waals surface area contributed by atoms with E-state index in [2.05, 4.69) is 128 Å². The summed E-state index contributed by atoms with van der Waals surface area (Å²) in [6.07, 6.45) is 0. The molecular weight excluding hydrogens is 420 g/mol. The highest BCUT2D eigenvalue weighted by molar-refractivity contribution is 5.86. The van der Waals surface area contributed by atoms with E-state index in [0.717, 1.165) is 0 Å². The van der Waals surface area contributed by atoms with E-state index >= 15 is 0 Å². The number of hydrogen-bond acceptors (Lipinski definition) is 0. The highest BCUT2D eigenvalue weighted by Gasteiger charge is 2.35. The van der Waals surface area contributed by atoms with E-state index in [9.17, 15) is 0 Å². The quantitative estimate of drug-likeness (QED) is 0.285. The van der Waals surface area contributed by atoms with Crippen molar-refractivity contribution in [1.29, 1.82) is 0 Å². The third kappa shape index (κ3) is 3.94. The first-order valence-corrected chi connectivity index (χ1v) is 13.1. The summed E-state index contributed by atoms with van der Waals surface area (Å²) in [7, 11) is 0. The second-order valence-corrected chi connectivity index (χ2v) is 11.6. The van der Waals surface area contributed by atoms with Gasteiger partial charge in [0.05, 0.1) is 0 Å². The van der Waals surface area contributed by atoms with Crippen LogP contribution in [0.2, 0.25) is 0 Å². The Balaban J connectivity index is 1.55. The van der Waals surface area contributed by atoms with Crippen LogP contribution in [0.4, 0.5) is 0 Å². The molecule has 0 aromatic heterocycles. The second-order valence-electron chi connectivity index (χ2n) is 11.6. The lowest BCUT2D eigenvalue weighted by Crippen LogP contribution is -2.15. The molecule has 178 valence electrons. The number of benzene rings is 4. The van der Waals surface area contributed by atoms with E-state index in [1.807, 2.05) is 0 Å². The second kappa shape index (κ2) is 8.52. The largest absolute Gasteiger partial charge is 0.0587 e. The highest BCUT2D eigenvalue weighted by Crippen LogP contribution is 2.50. The van der Waals surface area contributed by atoms with E-state index in [1.54, 1.807) is 0 Å². The van der Waals surface area contributed by atoms with Crippen molar-refractivity contribution >= 4 is 0 Å². The zero-order chi connectivity index (χ0) is 25.1. The van der Waals surface area contributed by atoms with Crippen LogP contribution in [0.25, 0.3) is 33.4 Å². The third-order valence-electron chi connectivity index (χ3n) is 8.13. The van der Waals surface area contributed by atoms with E-state index < -0.39 is 0 Å². The summed E-state index contributed by atoms with van der Waals surface area (Å²) in [5, 5.41) is 0. The first kappa shape index (κ1) is 23.6. The lowest BCUT2D eigenvalue weighted by atomic mass is 9.80. The van der Waals surface area contributed by atoms with Crippen molar-refractivity contribution in [3.05, 3.63) is 106 Å². The van der Waals surface area contributed by atoms with Gasteiger partial charge in [-0.3, -0.25) is 0 Å². The molecule has 5 rings (SSSR count). The first-order chi connectivity index (χ1) is 16.6. The Labute approximate surface area is 212 Å². The first-order valence-electron chi connectivity index (χ1n) is 13.1. The summed E-state index contributed by atoms with van der Waals surface area (Å²) in [6.45, 7) is 18.3. The minimum absolute atomic E-state index is 0.0312. The van der Waals surface area contributed by atoms with Crippen molar-refractivity contribution in [1.82, 2.24) is 0 Å². The van der Waals surface area contributed by atoms with Gasteiger partial charge in [-0.25, -0.2) is 0 Å². The number of fused-ring (bicyclic) bond motifs is 3. The zero-order valence-electron chi connectivity index (χ0n) is 22.6. The molecule has 0 nitrogen and oxygen atoms in total. The molecule has 4 aromatic rings. The topological polar surface area (TPSA) is 0 Å². The molecule has 0 heteroatoms. The minimum Gasteiger partial charge on any atom is -0.0587 e. The van der Waals surface area contributed by atoms with Gasteiger partial charge in [-0.2, -0.15) is 0 Å². The molecule has 0 bridgehead atoms. The predicted molar refractivity (Wildman–Crippen MR) is 153 cm³/mol. The van der Waals surface area contributed by atoms with Crippen molar-refractivity contribution in [2.75, 3.05) is 0 Å².